The van der Waals surface area contributed by atoms with Crippen LogP contribution in [0.15, 0.2) is 24.3 Å². The Hall–Kier alpha value is -2.77. The monoisotopic (exact) mass is 374 g/mol. The molecule has 3 rings (SSSR count). The number of anilines is 1. The van der Waals surface area contributed by atoms with Gasteiger partial charge in [0, 0.05) is 20.1 Å². The van der Waals surface area contributed by atoms with Crippen molar-refractivity contribution in [2.75, 3.05) is 44.7 Å². The van der Waals surface area contributed by atoms with Crippen molar-refractivity contribution in [3.8, 4) is 5.75 Å². The summed E-state index contributed by atoms with van der Waals surface area (Å²) in [5, 5.41) is 5.05. The van der Waals surface area contributed by atoms with Gasteiger partial charge < -0.3 is 25.2 Å². The fraction of sp³-hybridized carbons (Fsp3) is 0.526. The third kappa shape index (κ3) is 4.69. The number of fused-ring (bicyclic) bond motifs is 1. The summed E-state index contributed by atoms with van der Waals surface area (Å²) in [6, 6.07) is 7.38. The molecule has 2 heterocycles. The Morgan fingerprint density at radius 2 is 1.85 bits per heavy atom. The largest absolute Gasteiger partial charge is 0.477 e. The van der Waals surface area contributed by atoms with Crippen molar-refractivity contribution in [3.05, 3.63) is 24.3 Å². The topological polar surface area (TPSA) is 91.0 Å². The van der Waals surface area contributed by atoms with Gasteiger partial charge in [0.05, 0.1) is 25.3 Å². The summed E-state index contributed by atoms with van der Waals surface area (Å²) in [4.78, 5) is 40.1. The lowest BCUT2D eigenvalue weighted by Gasteiger charge is -2.38. The van der Waals surface area contributed by atoms with Crippen LogP contribution in [0.1, 0.15) is 19.3 Å². The Balaban J connectivity index is 1.69. The van der Waals surface area contributed by atoms with E-state index in [0.29, 0.717) is 12.3 Å². The number of hydrogen-bond acceptors (Lipinski definition) is 5. The number of para-hydroxylation sites is 2. The molecular weight excluding hydrogens is 348 g/mol. The average Bonchev–Trinajstić information content (AvgIpc) is 2.72. The van der Waals surface area contributed by atoms with Crippen LogP contribution in [-0.2, 0) is 14.4 Å². The number of nitrogens with one attached hydrogen (secondary N) is 2. The minimum atomic E-state index is -0.634. The maximum atomic E-state index is 12.9. The van der Waals surface area contributed by atoms with E-state index >= 15 is 0 Å². The molecule has 1 fully saturated rings. The van der Waals surface area contributed by atoms with Crippen LogP contribution < -0.4 is 20.3 Å². The number of carbonyl (C=O) groups excluding carboxylic acids is 3. The second-order valence-electron chi connectivity index (χ2n) is 6.79. The summed E-state index contributed by atoms with van der Waals surface area (Å²) >= 11 is 0. The van der Waals surface area contributed by atoms with Crippen molar-refractivity contribution >= 4 is 23.4 Å². The van der Waals surface area contributed by atoms with Crippen LogP contribution in [0.4, 0.5) is 5.69 Å². The van der Waals surface area contributed by atoms with E-state index in [2.05, 4.69) is 10.6 Å². The summed E-state index contributed by atoms with van der Waals surface area (Å²) in [5.41, 5.74) is 0.773. The zero-order valence-electron chi connectivity index (χ0n) is 15.6. The van der Waals surface area contributed by atoms with Gasteiger partial charge in [-0.25, -0.2) is 0 Å². The number of ether oxygens (including phenoxy) is 1. The summed E-state index contributed by atoms with van der Waals surface area (Å²) in [6.07, 6.45) is 2.54. The van der Waals surface area contributed by atoms with Crippen LogP contribution >= 0.6 is 0 Å². The number of nitrogens with zero attached hydrogens (tertiary/aromatic N) is 2. The molecule has 1 atom stereocenters. The quantitative estimate of drug-likeness (QED) is 0.765. The predicted octanol–water partition coefficient (Wildman–Crippen LogP) is 0.129. The second-order valence-corrected chi connectivity index (χ2v) is 6.79. The molecule has 3 amide bonds. The van der Waals surface area contributed by atoms with Gasteiger partial charge in [0.1, 0.15) is 5.75 Å². The highest BCUT2D eigenvalue weighted by Crippen LogP contribution is 2.33. The molecule has 146 valence electrons. The van der Waals surface area contributed by atoms with Crippen LogP contribution in [0, 0.1) is 0 Å². The van der Waals surface area contributed by atoms with Crippen LogP contribution in [0.5, 0.6) is 5.75 Å². The summed E-state index contributed by atoms with van der Waals surface area (Å²) in [7, 11) is 1.52. The minimum Gasteiger partial charge on any atom is -0.477 e. The van der Waals surface area contributed by atoms with E-state index in [1.807, 2.05) is 28.0 Å². The molecule has 1 aromatic carbocycles. The van der Waals surface area contributed by atoms with E-state index < -0.39 is 6.10 Å². The van der Waals surface area contributed by atoms with Gasteiger partial charge in [0.2, 0.25) is 11.8 Å². The first-order valence-corrected chi connectivity index (χ1v) is 9.35. The van der Waals surface area contributed by atoms with Crippen LogP contribution in [0.2, 0.25) is 0 Å². The number of benzene rings is 1. The lowest BCUT2D eigenvalue weighted by molar-refractivity contribution is -0.139. The number of likely N-dealkylation sites (tertiary alicyclic amines) is 1. The molecule has 0 saturated carbocycles. The van der Waals surface area contributed by atoms with E-state index in [0.717, 1.165) is 38.0 Å². The molecule has 2 N–H and O–H groups in total. The summed E-state index contributed by atoms with van der Waals surface area (Å²) in [6.45, 7) is 1.80. The molecular formula is C19H26N4O4. The number of piperidine rings is 1. The van der Waals surface area contributed by atoms with Gasteiger partial charge in [-0.3, -0.25) is 14.4 Å². The first-order chi connectivity index (χ1) is 13.1. The Labute approximate surface area is 158 Å². The lowest BCUT2D eigenvalue weighted by atomic mass is 10.1. The number of hydrogen-bond donors (Lipinski definition) is 2. The Bertz CT molecular complexity index is 703. The highest BCUT2D eigenvalue weighted by molar-refractivity contribution is 5.88. The molecule has 0 spiro atoms. The smallest absolute Gasteiger partial charge is 0.265 e. The summed E-state index contributed by atoms with van der Waals surface area (Å²) < 4.78 is 5.95. The highest BCUT2D eigenvalue weighted by atomic mass is 16.5. The van der Waals surface area contributed by atoms with E-state index in [1.54, 1.807) is 6.07 Å². The maximum Gasteiger partial charge on any atom is 0.265 e. The predicted molar refractivity (Wildman–Crippen MR) is 101 cm³/mol. The molecule has 0 aromatic heterocycles. The van der Waals surface area contributed by atoms with Crippen molar-refractivity contribution in [2.45, 2.75) is 25.4 Å². The van der Waals surface area contributed by atoms with Crippen LogP contribution in [-0.4, -0.2) is 68.5 Å². The number of rotatable bonds is 5. The highest BCUT2D eigenvalue weighted by Gasteiger charge is 2.34. The van der Waals surface area contributed by atoms with Crippen molar-refractivity contribution in [1.82, 2.24) is 15.5 Å². The fourth-order valence-corrected chi connectivity index (χ4v) is 3.40. The zero-order valence-corrected chi connectivity index (χ0v) is 15.6. The van der Waals surface area contributed by atoms with Crippen molar-refractivity contribution in [3.63, 3.8) is 0 Å². The Morgan fingerprint density at radius 1 is 1.11 bits per heavy atom. The first kappa shape index (κ1) is 19.0. The van der Waals surface area contributed by atoms with Gasteiger partial charge in [0.15, 0.2) is 6.10 Å². The minimum absolute atomic E-state index is 0.0278. The third-order valence-electron chi connectivity index (χ3n) is 4.86. The maximum absolute atomic E-state index is 12.9. The lowest BCUT2D eigenvalue weighted by Crippen LogP contribution is -2.53. The molecule has 27 heavy (non-hydrogen) atoms. The Kier molecular flexibility index (Phi) is 6.16. The average molecular weight is 374 g/mol. The summed E-state index contributed by atoms with van der Waals surface area (Å²) in [5.74, 6) is 0.0292. The third-order valence-corrected chi connectivity index (χ3v) is 4.86. The fourth-order valence-electron chi connectivity index (χ4n) is 3.40. The molecule has 2 aliphatic rings. The molecule has 2 aliphatic heterocycles. The first-order valence-electron chi connectivity index (χ1n) is 9.35. The van der Waals surface area contributed by atoms with Gasteiger partial charge >= 0.3 is 0 Å². The molecule has 1 saturated heterocycles. The SMILES string of the molecule is CNC(=O)CNC(=O)CN1C[C@H](C(=O)N2CCCCC2)Oc2ccccc21. The van der Waals surface area contributed by atoms with E-state index in [-0.39, 0.29) is 30.8 Å². The van der Waals surface area contributed by atoms with Crippen LogP contribution in [0.3, 0.4) is 0 Å². The molecule has 8 nitrogen and oxygen atoms in total. The van der Waals surface area contributed by atoms with Gasteiger partial charge in [-0.05, 0) is 31.4 Å². The van der Waals surface area contributed by atoms with Gasteiger partial charge in [-0.1, -0.05) is 12.1 Å². The van der Waals surface area contributed by atoms with Crippen molar-refractivity contribution in [1.29, 1.82) is 0 Å². The normalized spacial score (nSPS) is 18.9. The molecule has 0 unspecified atom stereocenters. The molecule has 1 aromatic rings. The molecule has 8 heteroatoms. The molecule has 0 aliphatic carbocycles. The van der Waals surface area contributed by atoms with E-state index in [4.69, 9.17) is 4.74 Å². The standard InChI is InChI=1S/C19H26N4O4/c1-20-17(24)11-21-18(25)13-23-12-16(19(26)22-9-5-2-6-10-22)27-15-8-4-3-7-14(15)23/h3-4,7-8,16H,2,5-6,9-13H2,1H3,(H,20,24)(H,21,25)/t16-/m1/s1. The van der Waals surface area contributed by atoms with E-state index in [9.17, 15) is 14.4 Å². The zero-order chi connectivity index (χ0) is 19.2. The number of amides is 3. The molecule has 0 bridgehead atoms. The molecule has 0 radical (unpaired) electrons. The second kappa shape index (κ2) is 8.75. The van der Waals surface area contributed by atoms with Crippen LogP contribution in [0.25, 0.3) is 0 Å². The Morgan fingerprint density at radius 3 is 2.59 bits per heavy atom. The van der Waals surface area contributed by atoms with Gasteiger partial charge in [-0.15, -0.1) is 0 Å². The van der Waals surface area contributed by atoms with Gasteiger partial charge in [-0.2, -0.15) is 0 Å². The number of likely N-dealkylation sites (N-methyl/N-ethyl adjacent to an activating group) is 1. The number of carbonyl (C=O) groups is 3. The van der Waals surface area contributed by atoms with Gasteiger partial charge in [0.25, 0.3) is 5.91 Å². The van der Waals surface area contributed by atoms with Crippen molar-refractivity contribution < 1.29 is 19.1 Å². The van der Waals surface area contributed by atoms with E-state index in [1.165, 1.54) is 7.05 Å². The van der Waals surface area contributed by atoms with Crippen molar-refractivity contribution in [2.24, 2.45) is 0 Å².